The van der Waals surface area contributed by atoms with Crippen LogP contribution in [0, 0.1) is 11.8 Å². The van der Waals surface area contributed by atoms with E-state index in [9.17, 15) is 4.79 Å². The summed E-state index contributed by atoms with van der Waals surface area (Å²) in [6.07, 6.45) is 6.34. The van der Waals surface area contributed by atoms with Gasteiger partial charge in [-0.2, -0.15) is 0 Å². The highest BCUT2D eigenvalue weighted by molar-refractivity contribution is 5.82. The smallest absolute Gasteiger partial charge is 0.226 e. The molecule has 1 amide bonds. The molecule has 0 bridgehead atoms. The van der Waals surface area contributed by atoms with Crippen molar-refractivity contribution in [2.24, 2.45) is 11.8 Å². The third-order valence-electron chi connectivity index (χ3n) is 5.05. The van der Waals surface area contributed by atoms with Crippen molar-refractivity contribution in [3.8, 4) is 5.88 Å². The minimum atomic E-state index is 0.123. The molecule has 4 rings (SSSR count). The van der Waals surface area contributed by atoms with Crippen LogP contribution < -0.4 is 4.74 Å². The van der Waals surface area contributed by atoms with Crippen molar-refractivity contribution < 1.29 is 13.9 Å². The van der Waals surface area contributed by atoms with Crippen molar-refractivity contribution in [1.29, 1.82) is 0 Å². The molecule has 0 aromatic carbocycles. The van der Waals surface area contributed by atoms with Crippen LogP contribution in [-0.2, 0) is 4.79 Å². The van der Waals surface area contributed by atoms with Gasteiger partial charge in [0.15, 0.2) is 0 Å². The van der Waals surface area contributed by atoms with Crippen LogP contribution in [0.4, 0.5) is 0 Å². The first-order valence-electron chi connectivity index (χ1n) is 8.67. The molecule has 0 spiro atoms. The quantitative estimate of drug-likeness (QED) is 0.847. The molecule has 1 saturated heterocycles. The third-order valence-corrected chi connectivity index (χ3v) is 5.05. The summed E-state index contributed by atoms with van der Waals surface area (Å²) in [6.45, 7) is 2.34. The Morgan fingerprint density at radius 2 is 2.12 bits per heavy atom. The maximum atomic E-state index is 12.6. The maximum Gasteiger partial charge on any atom is 0.226 e. The molecule has 5 heteroatoms. The molecule has 3 heterocycles. The van der Waals surface area contributed by atoms with Crippen LogP contribution in [0.2, 0.25) is 0 Å². The van der Waals surface area contributed by atoms with Gasteiger partial charge in [0.25, 0.3) is 0 Å². The Morgan fingerprint density at radius 1 is 1.25 bits per heavy atom. The molecule has 24 heavy (non-hydrogen) atoms. The van der Waals surface area contributed by atoms with E-state index in [0.29, 0.717) is 24.3 Å². The lowest BCUT2D eigenvalue weighted by Crippen LogP contribution is -2.40. The molecule has 2 fully saturated rings. The van der Waals surface area contributed by atoms with E-state index in [2.05, 4.69) is 4.98 Å². The van der Waals surface area contributed by atoms with Gasteiger partial charge in [0.1, 0.15) is 5.76 Å². The molecular formula is C19H22N2O3. The highest BCUT2D eigenvalue weighted by Crippen LogP contribution is 2.48. The van der Waals surface area contributed by atoms with Crippen molar-refractivity contribution in [2.75, 3.05) is 19.7 Å². The van der Waals surface area contributed by atoms with E-state index < -0.39 is 0 Å². The van der Waals surface area contributed by atoms with Crippen LogP contribution in [0.5, 0.6) is 5.88 Å². The number of piperidine rings is 1. The van der Waals surface area contributed by atoms with Crippen molar-refractivity contribution in [1.82, 2.24) is 9.88 Å². The highest BCUT2D eigenvalue weighted by Gasteiger charge is 2.47. The molecule has 2 aliphatic rings. The second kappa shape index (κ2) is 6.67. The molecule has 1 saturated carbocycles. The number of ether oxygens (including phenoxy) is 1. The molecule has 5 nitrogen and oxygen atoms in total. The Kier molecular flexibility index (Phi) is 4.24. The van der Waals surface area contributed by atoms with Crippen molar-refractivity contribution >= 4 is 5.91 Å². The van der Waals surface area contributed by atoms with E-state index in [-0.39, 0.29) is 11.8 Å². The molecule has 1 aliphatic heterocycles. The van der Waals surface area contributed by atoms with Crippen LogP contribution >= 0.6 is 0 Å². The lowest BCUT2D eigenvalue weighted by molar-refractivity contribution is -0.134. The maximum absolute atomic E-state index is 12.6. The van der Waals surface area contributed by atoms with Gasteiger partial charge in [0, 0.05) is 37.2 Å². The highest BCUT2D eigenvalue weighted by atomic mass is 16.5. The van der Waals surface area contributed by atoms with Gasteiger partial charge in [-0.25, -0.2) is 4.98 Å². The normalized spacial score (nSPS) is 23.9. The lowest BCUT2D eigenvalue weighted by atomic mass is 9.97. The number of carbonyl (C=O) groups excluding carboxylic acids is 1. The Morgan fingerprint density at radius 3 is 2.83 bits per heavy atom. The van der Waals surface area contributed by atoms with Crippen LogP contribution in [-0.4, -0.2) is 35.5 Å². The fraction of sp³-hybridized carbons (Fsp3) is 0.474. The minimum absolute atomic E-state index is 0.123. The first-order valence-corrected chi connectivity index (χ1v) is 8.67. The van der Waals surface area contributed by atoms with E-state index >= 15 is 0 Å². The molecule has 1 aliphatic carbocycles. The molecule has 0 N–H and O–H groups in total. The average molecular weight is 326 g/mol. The first-order chi connectivity index (χ1) is 11.8. The molecule has 2 aromatic heterocycles. The Labute approximate surface area is 141 Å². The van der Waals surface area contributed by atoms with Crippen molar-refractivity contribution in [2.45, 2.75) is 25.2 Å². The molecule has 2 atom stereocenters. The summed E-state index contributed by atoms with van der Waals surface area (Å²) >= 11 is 0. The number of rotatable bonds is 5. The van der Waals surface area contributed by atoms with Crippen molar-refractivity contribution in [3.05, 3.63) is 48.6 Å². The summed E-state index contributed by atoms with van der Waals surface area (Å²) in [5.41, 5.74) is 0. The second-order valence-corrected chi connectivity index (χ2v) is 6.71. The van der Waals surface area contributed by atoms with Gasteiger partial charge in [-0.15, -0.1) is 0 Å². The SMILES string of the molecule is O=C([C@@H]1C[C@H]1c1ccco1)N1CCC(COc2ccccn2)CC1. The van der Waals surface area contributed by atoms with Crippen LogP contribution in [0.25, 0.3) is 0 Å². The zero-order valence-electron chi connectivity index (χ0n) is 13.6. The summed E-state index contributed by atoms with van der Waals surface area (Å²) in [6, 6.07) is 9.54. The van der Waals surface area contributed by atoms with E-state index in [4.69, 9.17) is 9.15 Å². The van der Waals surface area contributed by atoms with Crippen molar-refractivity contribution in [3.63, 3.8) is 0 Å². The van der Waals surface area contributed by atoms with Crippen LogP contribution in [0.3, 0.4) is 0 Å². The average Bonchev–Trinajstić information content (AvgIpc) is 3.25. The zero-order valence-corrected chi connectivity index (χ0v) is 13.6. The summed E-state index contributed by atoms with van der Waals surface area (Å²) in [4.78, 5) is 18.8. The Balaban J connectivity index is 1.22. The van der Waals surface area contributed by atoms with Crippen LogP contribution in [0.15, 0.2) is 47.2 Å². The number of amides is 1. The summed E-state index contributed by atoms with van der Waals surface area (Å²) in [7, 11) is 0. The zero-order chi connectivity index (χ0) is 16.4. The van der Waals surface area contributed by atoms with Gasteiger partial charge >= 0.3 is 0 Å². The topological polar surface area (TPSA) is 55.6 Å². The Hall–Kier alpha value is -2.30. The fourth-order valence-corrected chi connectivity index (χ4v) is 3.47. The summed E-state index contributed by atoms with van der Waals surface area (Å²) < 4.78 is 11.2. The fourth-order valence-electron chi connectivity index (χ4n) is 3.47. The molecule has 2 aromatic rings. The minimum Gasteiger partial charge on any atom is -0.477 e. The number of pyridine rings is 1. The van der Waals surface area contributed by atoms with E-state index in [1.807, 2.05) is 35.2 Å². The van der Waals surface area contributed by atoms with E-state index in [1.54, 1.807) is 12.5 Å². The third kappa shape index (κ3) is 3.30. The van der Waals surface area contributed by atoms with Gasteiger partial charge in [-0.3, -0.25) is 4.79 Å². The monoisotopic (exact) mass is 326 g/mol. The largest absolute Gasteiger partial charge is 0.477 e. The first kappa shape index (κ1) is 15.2. The van der Waals surface area contributed by atoms with Gasteiger partial charge in [-0.05, 0) is 43.4 Å². The number of hydrogen-bond donors (Lipinski definition) is 0. The molecule has 0 unspecified atom stereocenters. The number of carbonyl (C=O) groups is 1. The van der Waals surface area contributed by atoms with Gasteiger partial charge in [0.05, 0.1) is 12.9 Å². The van der Waals surface area contributed by atoms with Crippen LogP contribution in [0.1, 0.15) is 30.9 Å². The number of likely N-dealkylation sites (tertiary alicyclic amines) is 1. The van der Waals surface area contributed by atoms with Gasteiger partial charge < -0.3 is 14.1 Å². The van der Waals surface area contributed by atoms with E-state index in [1.165, 1.54) is 0 Å². The predicted molar refractivity (Wildman–Crippen MR) is 88.6 cm³/mol. The predicted octanol–water partition coefficient (Wildman–Crippen LogP) is 3.10. The summed E-state index contributed by atoms with van der Waals surface area (Å²) in [5.74, 6) is 2.83. The number of furan rings is 1. The van der Waals surface area contributed by atoms with Gasteiger partial charge in [-0.1, -0.05) is 6.07 Å². The second-order valence-electron chi connectivity index (χ2n) is 6.71. The Bertz CT molecular complexity index is 663. The summed E-state index contributed by atoms with van der Waals surface area (Å²) in [5, 5.41) is 0. The standard InChI is InChI=1S/C19H22N2O3/c22-19(16-12-15(16)17-4-3-11-23-17)21-9-6-14(7-10-21)13-24-18-5-1-2-8-20-18/h1-5,8,11,14-16H,6-7,9-10,12-13H2/t15-,16-/m1/s1. The lowest BCUT2D eigenvalue weighted by Gasteiger charge is -2.32. The number of nitrogens with zero attached hydrogens (tertiary/aromatic N) is 2. The number of hydrogen-bond acceptors (Lipinski definition) is 4. The number of aromatic nitrogens is 1. The molecule has 126 valence electrons. The van der Waals surface area contributed by atoms with E-state index in [0.717, 1.165) is 38.1 Å². The molecule has 0 radical (unpaired) electrons. The molecular weight excluding hydrogens is 304 g/mol. The van der Waals surface area contributed by atoms with Gasteiger partial charge in [0.2, 0.25) is 11.8 Å².